The number of carbonyl (C=O) groups is 2. The van der Waals surface area contributed by atoms with E-state index in [1.165, 1.54) is 5.01 Å². The Bertz CT molecular complexity index is 1570. The second-order valence-corrected chi connectivity index (χ2v) is 14.9. The zero-order valence-electron chi connectivity index (χ0n) is 27.7. The third-order valence-electron chi connectivity index (χ3n) is 8.08. The average molecular weight is 665 g/mol. The molecule has 47 heavy (non-hydrogen) atoms. The summed E-state index contributed by atoms with van der Waals surface area (Å²) in [6.07, 6.45) is -0.205. The van der Waals surface area contributed by atoms with Gasteiger partial charge in [0.05, 0.1) is 30.2 Å². The van der Waals surface area contributed by atoms with Gasteiger partial charge in [0.15, 0.2) is 9.84 Å². The smallest absolute Gasteiger partial charge is 0.252 e. The molecule has 0 aromatic heterocycles. The molecule has 2 amide bonds. The van der Waals surface area contributed by atoms with Gasteiger partial charge in [-0.3, -0.25) is 20.3 Å². The van der Waals surface area contributed by atoms with Crippen molar-refractivity contribution in [3.8, 4) is 5.75 Å². The highest BCUT2D eigenvalue weighted by Gasteiger charge is 2.35. The zero-order valence-corrected chi connectivity index (χ0v) is 28.5. The van der Waals surface area contributed by atoms with Gasteiger partial charge in [0.25, 0.3) is 5.91 Å². The summed E-state index contributed by atoms with van der Waals surface area (Å²) in [6.45, 7) is 8.23. The van der Waals surface area contributed by atoms with Crippen molar-refractivity contribution in [1.29, 1.82) is 0 Å². The number of nitrogens with zero attached hydrogens (tertiary/aromatic N) is 1. The molecule has 4 N–H and O–H groups in total. The van der Waals surface area contributed by atoms with Gasteiger partial charge >= 0.3 is 0 Å². The van der Waals surface area contributed by atoms with Crippen LogP contribution in [0.3, 0.4) is 0 Å². The molecule has 0 fully saturated rings. The number of fused-ring (bicyclic) bond motifs is 1. The second-order valence-electron chi connectivity index (χ2n) is 12.8. The number of hydrogen-bond acceptors (Lipinski definition) is 8. The molecular formula is C36H48N4O6S. The summed E-state index contributed by atoms with van der Waals surface area (Å²) >= 11 is 0. The minimum atomic E-state index is -3.84. The Hall–Kier alpha value is -3.77. The molecule has 1 aliphatic heterocycles. The summed E-state index contributed by atoms with van der Waals surface area (Å²) in [4.78, 5) is 27.0. The molecule has 11 heteroatoms. The summed E-state index contributed by atoms with van der Waals surface area (Å²) in [5, 5.41) is 18.2. The number of amides is 2. The van der Waals surface area contributed by atoms with E-state index in [-0.39, 0.29) is 48.6 Å². The van der Waals surface area contributed by atoms with E-state index in [0.29, 0.717) is 25.3 Å². The van der Waals surface area contributed by atoms with Crippen LogP contribution in [0.5, 0.6) is 5.75 Å². The Labute approximate surface area is 278 Å². The molecule has 0 bridgehead atoms. The van der Waals surface area contributed by atoms with Crippen LogP contribution in [0.1, 0.15) is 50.8 Å². The number of sulfone groups is 1. The number of aliphatic hydroxyl groups is 1. The van der Waals surface area contributed by atoms with Crippen LogP contribution in [-0.4, -0.2) is 67.6 Å². The van der Waals surface area contributed by atoms with E-state index >= 15 is 0 Å². The van der Waals surface area contributed by atoms with E-state index in [0.717, 1.165) is 16.7 Å². The summed E-state index contributed by atoms with van der Waals surface area (Å²) < 4.78 is 33.2. The molecule has 0 saturated heterocycles. The predicted octanol–water partition coefficient (Wildman–Crippen LogP) is 3.63. The first kappa shape index (κ1) is 36.1. The van der Waals surface area contributed by atoms with Gasteiger partial charge in [-0.15, -0.1) is 0 Å². The Kier molecular flexibility index (Phi) is 12.9. The normalized spacial score (nSPS) is 14.7. The number of hydrazine groups is 1. The monoisotopic (exact) mass is 664 g/mol. The highest BCUT2D eigenvalue weighted by atomic mass is 32.2. The number of carbonyl (C=O) groups excluding carboxylic acids is 2. The third kappa shape index (κ3) is 10.1. The van der Waals surface area contributed by atoms with Crippen molar-refractivity contribution >= 4 is 21.7 Å². The Morgan fingerprint density at radius 1 is 0.936 bits per heavy atom. The van der Waals surface area contributed by atoms with Crippen molar-refractivity contribution < 1.29 is 27.9 Å². The van der Waals surface area contributed by atoms with Crippen LogP contribution in [0.2, 0.25) is 0 Å². The summed E-state index contributed by atoms with van der Waals surface area (Å²) in [5.41, 5.74) is 5.48. The largest absolute Gasteiger partial charge is 0.493 e. The number of aliphatic hydroxyl groups excluding tert-OH is 1. The van der Waals surface area contributed by atoms with E-state index in [4.69, 9.17) is 4.74 Å². The maximum absolute atomic E-state index is 13.8. The molecule has 1 heterocycles. The lowest BCUT2D eigenvalue weighted by molar-refractivity contribution is -0.148. The standard InChI is InChI=1S/C36H48N4O6S/c1-25(2)19-35(43)40(39-34(42)24-37-22-28-13-9-6-10-14-28)31(20-27-11-7-5-8-12-27)32(41)23-38-36(26(3)4)47(44,45)30-15-16-33-29(21-30)17-18-46-33/h5-16,21,25-26,31-32,36-38,41H,17-20,22-24H2,1-4H3,(H,39,42)/t31?,32-,36?/m1/s1. The maximum atomic E-state index is 13.8. The highest BCUT2D eigenvalue weighted by Crippen LogP contribution is 2.30. The SMILES string of the molecule is CC(C)CC(=O)N(NC(=O)CNCc1ccccc1)C(Cc1ccccc1)[C@H](O)CNC(C(C)C)S(=O)(=O)c1ccc2c(c1)CCO2. The van der Waals surface area contributed by atoms with E-state index in [1.807, 2.05) is 74.5 Å². The van der Waals surface area contributed by atoms with Crippen LogP contribution < -0.4 is 20.8 Å². The predicted molar refractivity (Wildman–Crippen MR) is 182 cm³/mol. The molecule has 0 spiro atoms. The topological polar surface area (TPSA) is 137 Å². The van der Waals surface area contributed by atoms with E-state index < -0.39 is 33.3 Å². The lowest BCUT2D eigenvalue weighted by atomic mass is 9.99. The minimum Gasteiger partial charge on any atom is -0.493 e. The molecule has 10 nitrogen and oxygen atoms in total. The second kappa shape index (κ2) is 16.9. The van der Waals surface area contributed by atoms with E-state index in [2.05, 4.69) is 16.1 Å². The minimum absolute atomic E-state index is 0.000985. The molecule has 0 radical (unpaired) electrons. The van der Waals surface area contributed by atoms with Gasteiger partial charge in [-0.25, -0.2) is 13.4 Å². The molecule has 2 unspecified atom stereocenters. The molecule has 1 aliphatic rings. The zero-order chi connectivity index (χ0) is 34.0. The molecule has 3 aromatic carbocycles. The van der Waals surface area contributed by atoms with Gasteiger partial charge in [-0.05, 0) is 53.1 Å². The van der Waals surface area contributed by atoms with Crippen molar-refractivity contribution in [2.75, 3.05) is 19.7 Å². The van der Waals surface area contributed by atoms with Gasteiger partial charge in [0.1, 0.15) is 11.1 Å². The Morgan fingerprint density at radius 2 is 1.60 bits per heavy atom. The van der Waals surface area contributed by atoms with Crippen molar-refractivity contribution in [3.63, 3.8) is 0 Å². The van der Waals surface area contributed by atoms with Crippen molar-refractivity contribution in [2.45, 2.75) is 75.9 Å². The van der Waals surface area contributed by atoms with Crippen molar-refractivity contribution in [1.82, 2.24) is 21.1 Å². The first-order chi connectivity index (χ1) is 22.5. The number of rotatable bonds is 16. The molecule has 0 aliphatic carbocycles. The molecule has 0 saturated carbocycles. The molecular weight excluding hydrogens is 616 g/mol. The first-order valence-corrected chi connectivity index (χ1v) is 17.8. The lowest BCUT2D eigenvalue weighted by Gasteiger charge is -2.36. The molecule has 254 valence electrons. The van der Waals surface area contributed by atoms with Crippen molar-refractivity contribution in [2.24, 2.45) is 11.8 Å². The molecule has 3 atom stereocenters. The van der Waals surface area contributed by atoms with E-state index in [9.17, 15) is 23.1 Å². The van der Waals surface area contributed by atoms with Gasteiger partial charge in [-0.2, -0.15) is 0 Å². The number of hydrogen-bond donors (Lipinski definition) is 4. The summed E-state index contributed by atoms with van der Waals surface area (Å²) in [5.74, 6) is -0.415. The number of ether oxygens (including phenoxy) is 1. The van der Waals surface area contributed by atoms with Gasteiger partial charge in [0.2, 0.25) is 5.91 Å². The first-order valence-electron chi connectivity index (χ1n) is 16.3. The fraction of sp³-hybridized carbons (Fsp3) is 0.444. The van der Waals surface area contributed by atoms with Crippen LogP contribution in [-0.2, 0) is 38.8 Å². The van der Waals surface area contributed by atoms with Crippen LogP contribution in [0.15, 0.2) is 83.8 Å². The van der Waals surface area contributed by atoms with Crippen LogP contribution in [0.4, 0.5) is 0 Å². The molecule has 3 aromatic rings. The average Bonchev–Trinajstić information content (AvgIpc) is 3.51. The third-order valence-corrected chi connectivity index (χ3v) is 10.4. The number of nitrogens with one attached hydrogen (secondary N) is 3. The number of benzene rings is 3. The van der Waals surface area contributed by atoms with Crippen LogP contribution in [0, 0.1) is 11.8 Å². The fourth-order valence-corrected chi connectivity index (χ4v) is 7.58. The van der Waals surface area contributed by atoms with Crippen molar-refractivity contribution in [3.05, 3.63) is 95.6 Å². The van der Waals surface area contributed by atoms with Gasteiger partial charge < -0.3 is 15.2 Å². The van der Waals surface area contributed by atoms with Gasteiger partial charge in [0, 0.05) is 25.9 Å². The maximum Gasteiger partial charge on any atom is 0.252 e. The van der Waals surface area contributed by atoms with E-state index in [1.54, 1.807) is 32.0 Å². The Morgan fingerprint density at radius 3 is 2.23 bits per heavy atom. The lowest BCUT2D eigenvalue weighted by Crippen LogP contribution is -2.60. The quantitative estimate of drug-likeness (QED) is 0.171. The fourth-order valence-electron chi connectivity index (χ4n) is 5.69. The molecule has 4 rings (SSSR count). The van der Waals surface area contributed by atoms with Crippen LogP contribution >= 0.6 is 0 Å². The summed E-state index contributed by atoms with van der Waals surface area (Å²) in [6, 6.07) is 23.1. The van der Waals surface area contributed by atoms with Crippen LogP contribution in [0.25, 0.3) is 0 Å². The summed E-state index contributed by atoms with van der Waals surface area (Å²) in [7, 11) is -3.84. The Balaban J connectivity index is 1.55. The van der Waals surface area contributed by atoms with Gasteiger partial charge in [-0.1, -0.05) is 88.4 Å². The highest BCUT2D eigenvalue weighted by molar-refractivity contribution is 7.92.